The van der Waals surface area contributed by atoms with E-state index in [1.165, 1.54) is 0 Å². The summed E-state index contributed by atoms with van der Waals surface area (Å²) in [5.41, 5.74) is 5.51. The monoisotopic (exact) mass is 432 g/mol. The third-order valence-corrected chi connectivity index (χ3v) is 5.33. The third kappa shape index (κ3) is 5.06. The van der Waals surface area contributed by atoms with E-state index in [0.29, 0.717) is 5.57 Å². The molecule has 0 atom stereocenters. The van der Waals surface area contributed by atoms with E-state index < -0.39 is 0 Å². The van der Waals surface area contributed by atoms with Crippen molar-refractivity contribution in [2.45, 2.75) is 0 Å². The van der Waals surface area contributed by atoms with Gasteiger partial charge in [0.1, 0.15) is 11.5 Å². The molecule has 0 aliphatic heterocycles. The highest BCUT2D eigenvalue weighted by atomic mass is 16.5. The highest BCUT2D eigenvalue weighted by Crippen LogP contribution is 2.36. The minimum absolute atomic E-state index is 0.630. The SMILES string of the molecule is COc1ccc(N(c2ccc(/C=C(\C#N)c3ccccc3)cc2)c2ccc(OC)cc2)cc1. The normalized spacial score (nSPS) is 10.9. The van der Waals surface area contributed by atoms with Crippen LogP contribution in [0.5, 0.6) is 11.5 Å². The van der Waals surface area contributed by atoms with Crippen molar-refractivity contribution in [1.29, 1.82) is 5.26 Å². The van der Waals surface area contributed by atoms with Gasteiger partial charge in [-0.3, -0.25) is 0 Å². The maximum Gasteiger partial charge on any atom is 0.119 e. The molecule has 0 unspecified atom stereocenters. The van der Waals surface area contributed by atoms with Crippen LogP contribution in [0.25, 0.3) is 11.6 Å². The second-order valence-electron chi connectivity index (χ2n) is 7.36. The zero-order valence-corrected chi connectivity index (χ0v) is 18.6. The Balaban J connectivity index is 1.71. The van der Waals surface area contributed by atoms with Gasteiger partial charge in [0.05, 0.1) is 25.9 Å². The Morgan fingerprint density at radius 1 is 0.667 bits per heavy atom. The molecule has 0 saturated carbocycles. The van der Waals surface area contributed by atoms with E-state index >= 15 is 0 Å². The molecule has 4 aromatic rings. The standard InChI is InChI=1S/C29H24N2O2/c1-32-28-16-12-26(13-17-28)31(27-14-18-29(33-2)19-15-27)25-10-8-22(9-11-25)20-24(21-30)23-6-4-3-5-7-23/h3-20H,1-2H3/b24-20+. The fraction of sp³-hybridized carbons (Fsp3) is 0.0690. The summed E-state index contributed by atoms with van der Waals surface area (Å²) in [6.45, 7) is 0. The van der Waals surface area contributed by atoms with Gasteiger partial charge in [-0.25, -0.2) is 0 Å². The summed E-state index contributed by atoms with van der Waals surface area (Å²) >= 11 is 0. The van der Waals surface area contributed by atoms with Crippen LogP contribution in [-0.2, 0) is 0 Å². The molecule has 0 bridgehead atoms. The van der Waals surface area contributed by atoms with Gasteiger partial charge in [0.25, 0.3) is 0 Å². The fourth-order valence-electron chi connectivity index (χ4n) is 3.59. The number of rotatable bonds is 7. The Kier molecular flexibility index (Phi) is 6.73. The van der Waals surface area contributed by atoms with Gasteiger partial charge in [0.2, 0.25) is 0 Å². The molecule has 0 radical (unpaired) electrons. The number of hydrogen-bond acceptors (Lipinski definition) is 4. The predicted octanol–water partition coefficient (Wildman–Crippen LogP) is 7.24. The van der Waals surface area contributed by atoms with E-state index in [2.05, 4.69) is 23.1 Å². The number of hydrogen-bond donors (Lipinski definition) is 0. The number of nitriles is 1. The first-order chi connectivity index (χ1) is 16.2. The minimum atomic E-state index is 0.630. The van der Waals surface area contributed by atoms with Crippen LogP contribution >= 0.6 is 0 Å². The number of methoxy groups -OCH3 is 2. The van der Waals surface area contributed by atoms with Crippen molar-refractivity contribution in [2.24, 2.45) is 0 Å². The van der Waals surface area contributed by atoms with Gasteiger partial charge in [-0.1, -0.05) is 42.5 Å². The van der Waals surface area contributed by atoms with Crippen LogP contribution < -0.4 is 14.4 Å². The first-order valence-corrected chi connectivity index (χ1v) is 10.6. The molecular formula is C29H24N2O2. The van der Waals surface area contributed by atoms with E-state index in [-0.39, 0.29) is 0 Å². The minimum Gasteiger partial charge on any atom is -0.497 e. The molecule has 162 valence electrons. The molecule has 4 heteroatoms. The van der Waals surface area contributed by atoms with Crippen LogP contribution in [0.1, 0.15) is 11.1 Å². The first-order valence-electron chi connectivity index (χ1n) is 10.6. The second kappa shape index (κ2) is 10.2. The Bertz CT molecular complexity index is 1210. The molecule has 0 heterocycles. The van der Waals surface area contributed by atoms with Crippen LogP contribution in [0.2, 0.25) is 0 Å². The summed E-state index contributed by atoms with van der Waals surface area (Å²) < 4.78 is 10.6. The summed E-state index contributed by atoms with van der Waals surface area (Å²) in [5.74, 6) is 1.61. The number of allylic oxidation sites excluding steroid dienone is 1. The van der Waals surface area contributed by atoms with Crippen LogP contribution in [0.3, 0.4) is 0 Å². The molecule has 33 heavy (non-hydrogen) atoms. The van der Waals surface area contributed by atoms with Gasteiger partial charge in [-0.2, -0.15) is 5.26 Å². The van der Waals surface area contributed by atoms with Gasteiger partial charge in [-0.05, 0) is 77.9 Å². The maximum absolute atomic E-state index is 9.62. The van der Waals surface area contributed by atoms with Crippen molar-refractivity contribution >= 4 is 28.7 Å². The fourth-order valence-corrected chi connectivity index (χ4v) is 3.59. The average Bonchev–Trinajstić information content (AvgIpc) is 2.89. The highest BCUT2D eigenvalue weighted by Gasteiger charge is 2.13. The summed E-state index contributed by atoms with van der Waals surface area (Å²) in [7, 11) is 3.32. The Labute approximate surface area is 194 Å². The number of ether oxygens (including phenoxy) is 2. The van der Waals surface area contributed by atoms with Gasteiger partial charge < -0.3 is 14.4 Å². The zero-order valence-electron chi connectivity index (χ0n) is 18.6. The summed E-state index contributed by atoms with van der Waals surface area (Å²) in [6.07, 6.45) is 1.91. The maximum atomic E-state index is 9.62. The van der Waals surface area contributed by atoms with Crippen molar-refractivity contribution < 1.29 is 9.47 Å². The molecular weight excluding hydrogens is 408 g/mol. The van der Waals surface area contributed by atoms with Crippen LogP contribution in [0.4, 0.5) is 17.1 Å². The molecule has 4 nitrogen and oxygen atoms in total. The molecule has 0 N–H and O–H groups in total. The highest BCUT2D eigenvalue weighted by molar-refractivity contribution is 5.90. The largest absolute Gasteiger partial charge is 0.497 e. The second-order valence-corrected chi connectivity index (χ2v) is 7.36. The lowest BCUT2D eigenvalue weighted by Gasteiger charge is -2.26. The van der Waals surface area contributed by atoms with E-state index in [1.807, 2.05) is 97.1 Å². The third-order valence-electron chi connectivity index (χ3n) is 5.33. The van der Waals surface area contributed by atoms with E-state index in [4.69, 9.17) is 9.47 Å². The van der Waals surface area contributed by atoms with Crippen LogP contribution in [0, 0.1) is 11.3 Å². The Morgan fingerprint density at radius 2 is 1.12 bits per heavy atom. The van der Waals surface area contributed by atoms with Crippen molar-refractivity contribution in [3.63, 3.8) is 0 Å². The molecule has 0 fully saturated rings. The molecule has 4 aromatic carbocycles. The molecule has 0 aliphatic rings. The lowest BCUT2D eigenvalue weighted by Crippen LogP contribution is -2.09. The van der Waals surface area contributed by atoms with Gasteiger partial charge in [0, 0.05) is 17.1 Å². The van der Waals surface area contributed by atoms with E-state index in [9.17, 15) is 5.26 Å². The first kappa shape index (κ1) is 21.7. The van der Waals surface area contributed by atoms with Gasteiger partial charge >= 0.3 is 0 Å². The van der Waals surface area contributed by atoms with Crippen LogP contribution in [-0.4, -0.2) is 14.2 Å². The lowest BCUT2D eigenvalue weighted by atomic mass is 10.0. The predicted molar refractivity (Wildman–Crippen MR) is 134 cm³/mol. The summed E-state index contributed by atoms with van der Waals surface area (Å²) in [6, 6.07) is 36.1. The van der Waals surface area contributed by atoms with Gasteiger partial charge in [0.15, 0.2) is 0 Å². The van der Waals surface area contributed by atoms with Gasteiger partial charge in [-0.15, -0.1) is 0 Å². The molecule has 0 amide bonds. The van der Waals surface area contributed by atoms with Crippen molar-refractivity contribution in [1.82, 2.24) is 0 Å². The average molecular weight is 433 g/mol. The van der Waals surface area contributed by atoms with Crippen LogP contribution in [0.15, 0.2) is 103 Å². The Hall–Kier alpha value is -4.49. The molecule has 0 spiro atoms. The van der Waals surface area contributed by atoms with Crippen molar-refractivity contribution in [3.05, 3.63) is 114 Å². The quantitative estimate of drug-likeness (QED) is 0.228. The number of anilines is 3. The smallest absolute Gasteiger partial charge is 0.119 e. The van der Waals surface area contributed by atoms with Crippen molar-refractivity contribution in [2.75, 3.05) is 19.1 Å². The summed E-state index contributed by atoms with van der Waals surface area (Å²) in [5, 5.41) is 9.62. The van der Waals surface area contributed by atoms with E-state index in [1.54, 1.807) is 14.2 Å². The van der Waals surface area contributed by atoms with E-state index in [0.717, 1.165) is 39.7 Å². The molecule has 0 aliphatic carbocycles. The molecule has 0 aromatic heterocycles. The zero-order chi connectivity index (χ0) is 23.0. The van der Waals surface area contributed by atoms with Crippen molar-refractivity contribution in [3.8, 4) is 17.6 Å². The topological polar surface area (TPSA) is 45.5 Å². The molecule has 0 saturated heterocycles. The Morgan fingerprint density at radius 3 is 1.55 bits per heavy atom. The number of benzene rings is 4. The molecule has 4 rings (SSSR count). The lowest BCUT2D eigenvalue weighted by molar-refractivity contribution is 0.415. The summed E-state index contributed by atoms with van der Waals surface area (Å²) in [4.78, 5) is 2.16. The number of nitrogens with zero attached hydrogens (tertiary/aromatic N) is 2.